The number of aromatic nitrogens is 1. The lowest BCUT2D eigenvalue weighted by Gasteiger charge is -2.44. The average molecular weight is 441 g/mol. The van der Waals surface area contributed by atoms with E-state index in [4.69, 9.17) is 14.2 Å². The Balaban J connectivity index is 1.20. The van der Waals surface area contributed by atoms with E-state index < -0.39 is 0 Å². The van der Waals surface area contributed by atoms with Gasteiger partial charge in [-0.3, -0.25) is 9.78 Å². The van der Waals surface area contributed by atoms with E-state index in [9.17, 15) is 4.79 Å². The number of ether oxygens (including phenoxy) is 3. The first-order valence-corrected chi connectivity index (χ1v) is 12.2. The van der Waals surface area contributed by atoms with Crippen LogP contribution in [0.1, 0.15) is 42.5 Å². The molecule has 6 rings (SSSR count). The molecule has 3 saturated heterocycles. The van der Waals surface area contributed by atoms with Gasteiger partial charge in [0, 0.05) is 24.4 Å². The average Bonchev–Trinajstić information content (AvgIpc) is 3.56. The molecule has 0 N–H and O–H groups in total. The van der Waals surface area contributed by atoms with Gasteiger partial charge in [0.2, 0.25) is 5.91 Å². The molecule has 0 unspecified atom stereocenters. The van der Waals surface area contributed by atoms with E-state index in [0.29, 0.717) is 12.0 Å². The molecule has 164 valence electrons. The van der Waals surface area contributed by atoms with Gasteiger partial charge in [-0.05, 0) is 55.9 Å². The summed E-state index contributed by atoms with van der Waals surface area (Å²) in [6.07, 6.45) is 7.98. The largest absolute Gasteiger partial charge is 0.495 e. The zero-order valence-electron chi connectivity index (χ0n) is 17.8. The van der Waals surface area contributed by atoms with Crippen LogP contribution in [0.4, 0.5) is 0 Å². The van der Waals surface area contributed by atoms with Crippen molar-refractivity contribution in [1.82, 2.24) is 9.88 Å². The zero-order valence-corrected chi connectivity index (χ0v) is 18.7. The number of fused-ring (bicyclic) bond motifs is 4. The third-order valence-electron chi connectivity index (χ3n) is 7.54. The predicted octanol–water partition coefficient (Wildman–Crippen LogP) is 3.78. The van der Waals surface area contributed by atoms with Gasteiger partial charge in [0.1, 0.15) is 5.75 Å². The number of piperidine rings is 1. The summed E-state index contributed by atoms with van der Waals surface area (Å²) in [4.78, 5) is 22.4. The molecule has 4 aliphatic rings. The number of thiophene rings is 1. The van der Waals surface area contributed by atoms with E-state index in [1.165, 1.54) is 15.3 Å². The van der Waals surface area contributed by atoms with Gasteiger partial charge in [-0.2, -0.15) is 0 Å². The molecule has 7 heteroatoms. The van der Waals surface area contributed by atoms with Gasteiger partial charge in [0.15, 0.2) is 0 Å². The highest BCUT2D eigenvalue weighted by molar-refractivity contribution is 7.15. The molecule has 6 heterocycles. The second-order valence-corrected chi connectivity index (χ2v) is 10.3. The molecular formula is C24H28N2O4S. The van der Waals surface area contributed by atoms with Gasteiger partial charge in [-0.15, -0.1) is 11.3 Å². The van der Waals surface area contributed by atoms with Gasteiger partial charge in [0.05, 0.1) is 54.2 Å². The van der Waals surface area contributed by atoms with Crippen LogP contribution in [0.15, 0.2) is 24.4 Å². The summed E-state index contributed by atoms with van der Waals surface area (Å²) >= 11 is 1.82. The molecule has 3 atom stereocenters. The van der Waals surface area contributed by atoms with Crippen LogP contribution in [-0.2, 0) is 26.3 Å². The molecule has 31 heavy (non-hydrogen) atoms. The molecule has 2 aromatic rings. The predicted molar refractivity (Wildman–Crippen MR) is 117 cm³/mol. The smallest absolute Gasteiger partial charge is 0.228 e. The summed E-state index contributed by atoms with van der Waals surface area (Å²) < 4.78 is 17.6. The number of nitrogens with zero attached hydrogens (tertiary/aromatic N) is 2. The Hall–Kier alpha value is -1.96. The number of hydrogen-bond acceptors (Lipinski definition) is 6. The van der Waals surface area contributed by atoms with Crippen LogP contribution in [0.25, 0.3) is 10.6 Å². The Kier molecular flexibility index (Phi) is 4.81. The van der Waals surface area contributed by atoms with Crippen molar-refractivity contribution in [1.29, 1.82) is 0 Å². The lowest BCUT2D eigenvalue weighted by molar-refractivity contribution is -0.146. The number of carbonyl (C=O) groups excluding carboxylic acids is 1. The Morgan fingerprint density at radius 1 is 1.29 bits per heavy atom. The maximum absolute atomic E-state index is 13.1. The highest BCUT2D eigenvalue weighted by Crippen LogP contribution is 2.47. The highest BCUT2D eigenvalue weighted by atomic mass is 32.1. The van der Waals surface area contributed by atoms with E-state index in [1.54, 1.807) is 13.3 Å². The number of hydrogen-bond donors (Lipinski definition) is 0. The van der Waals surface area contributed by atoms with Crippen LogP contribution in [0, 0.1) is 5.92 Å². The van der Waals surface area contributed by atoms with E-state index >= 15 is 0 Å². The van der Waals surface area contributed by atoms with Crippen molar-refractivity contribution in [3.63, 3.8) is 0 Å². The second-order valence-electron chi connectivity index (χ2n) is 9.16. The van der Waals surface area contributed by atoms with Crippen molar-refractivity contribution in [2.24, 2.45) is 5.92 Å². The Labute approximate surface area is 186 Å². The Morgan fingerprint density at radius 2 is 2.16 bits per heavy atom. The first kappa shape index (κ1) is 19.7. The first-order chi connectivity index (χ1) is 15.1. The summed E-state index contributed by atoms with van der Waals surface area (Å²) in [5.41, 5.74) is 2.02. The minimum atomic E-state index is -0.267. The molecule has 0 saturated carbocycles. The highest BCUT2D eigenvalue weighted by Gasteiger charge is 2.48. The maximum Gasteiger partial charge on any atom is 0.228 e. The number of amides is 1. The number of methoxy groups -OCH3 is 1. The van der Waals surface area contributed by atoms with Crippen LogP contribution in [0.5, 0.6) is 5.75 Å². The number of rotatable bonds is 3. The van der Waals surface area contributed by atoms with Crippen molar-refractivity contribution in [3.05, 3.63) is 34.8 Å². The first-order valence-electron chi connectivity index (χ1n) is 11.4. The Bertz CT molecular complexity index is 980. The van der Waals surface area contributed by atoms with E-state index in [1.807, 2.05) is 23.5 Å². The number of pyridine rings is 1. The molecule has 1 spiro atoms. The summed E-state index contributed by atoms with van der Waals surface area (Å²) in [5.74, 6) is 1.14. The molecule has 0 aliphatic carbocycles. The molecule has 3 fully saturated rings. The summed E-state index contributed by atoms with van der Waals surface area (Å²) in [5, 5.41) is 0. The van der Waals surface area contributed by atoms with Gasteiger partial charge in [-0.1, -0.05) is 0 Å². The van der Waals surface area contributed by atoms with Crippen molar-refractivity contribution >= 4 is 17.2 Å². The molecule has 2 bridgehead atoms. The van der Waals surface area contributed by atoms with E-state index in [-0.39, 0.29) is 17.6 Å². The van der Waals surface area contributed by atoms with Crippen LogP contribution < -0.4 is 4.74 Å². The number of likely N-dealkylation sites (tertiary alicyclic amines) is 1. The molecule has 0 aromatic carbocycles. The number of carbonyl (C=O) groups is 1. The van der Waals surface area contributed by atoms with Crippen molar-refractivity contribution < 1.29 is 19.0 Å². The third-order valence-corrected chi connectivity index (χ3v) is 8.76. The Morgan fingerprint density at radius 3 is 2.84 bits per heavy atom. The fourth-order valence-corrected chi connectivity index (χ4v) is 7.03. The third kappa shape index (κ3) is 3.29. The molecule has 2 aromatic heterocycles. The molecular weight excluding hydrogens is 412 g/mol. The van der Waals surface area contributed by atoms with Crippen molar-refractivity contribution in [2.75, 3.05) is 26.8 Å². The maximum atomic E-state index is 13.1. The van der Waals surface area contributed by atoms with E-state index in [0.717, 1.165) is 69.7 Å². The van der Waals surface area contributed by atoms with Gasteiger partial charge >= 0.3 is 0 Å². The molecule has 0 radical (unpaired) electrons. The fourth-order valence-electron chi connectivity index (χ4n) is 5.82. The summed E-state index contributed by atoms with van der Waals surface area (Å²) in [7, 11) is 1.66. The zero-order chi connectivity index (χ0) is 21.0. The van der Waals surface area contributed by atoms with Crippen LogP contribution in [0.3, 0.4) is 0 Å². The summed E-state index contributed by atoms with van der Waals surface area (Å²) in [6, 6.07) is 6.24. The van der Waals surface area contributed by atoms with Crippen LogP contribution >= 0.6 is 11.3 Å². The monoisotopic (exact) mass is 440 g/mol. The minimum Gasteiger partial charge on any atom is -0.495 e. The van der Waals surface area contributed by atoms with Gasteiger partial charge < -0.3 is 19.1 Å². The normalized spacial score (nSPS) is 28.7. The SMILES string of the molecule is COc1ccc(-c2cc3c(s2)CCOC32CCN(C(=O)[C@@H]3C[C@@H]4CC[C@H]3O4)CC2)nc1. The minimum absolute atomic E-state index is 0.0736. The van der Waals surface area contributed by atoms with E-state index in [2.05, 4.69) is 16.0 Å². The van der Waals surface area contributed by atoms with Gasteiger partial charge in [-0.25, -0.2) is 0 Å². The molecule has 1 amide bonds. The van der Waals surface area contributed by atoms with Crippen molar-refractivity contribution in [2.45, 2.75) is 56.3 Å². The second kappa shape index (κ2) is 7.57. The standard InChI is InChI=1S/C24H28N2O4S/c1-28-16-2-4-19(25-14-16)22-13-18-21(31-22)6-11-29-24(18)7-9-26(10-8-24)23(27)17-12-15-3-5-20(17)30-15/h2,4,13-15,17,20H,3,5-12H2,1H3/t15-,17+,20+/m0/s1. The lowest BCUT2D eigenvalue weighted by atomic mass is 9.81. The van der Waals surface area contributed by atoms with Crippen LogP contribution in [0.2, 0.25) is 0 Å². The van der Waals surface area contributed by atoms with Crippen LogP contribution in [-0.4, -0.2) is 54.8 Å². The van der Waals surface area contributed by atoms with Crippen molar-refractivity contribution in [3.8, 4) is 16.3 Å². The topological polar surface area (TPSA) is 60.9 Å². The molecule has 6 nitrogen and oxygen atoms in total. The quantitative estimate of drug-likeness (QED) is 0.727. The lowest BCUT2D eigenvalue weighted by Crippen LogP contribution is -2.50. The summed E-state index contributed by atoms with van der Waals surface area (Å²) in [6.45, 7) is 2.27. The molecule has 4 aliphatic heterocycles. The fraction of sp³-hybridized carbons (Fsp3) is 0.583. The van der Waals surface area contributed by atoms with Gasteiger partial charge in [0.25, 0.3) is 0 Å².